The molecule has 1 fully saturated rings. The Bertz CT molecular complexity index is 1020. The van der Waals surface area contributed by atoms with Crippen molar-refractivity contribution in [2.75, 3.05) is 43.0 Å². The van der Waals surface area contributed by atoms with Crippen LogP contribution in [0.15, 0.2) is 65.8 Å². The third-order valence-electron chi connectivity index (χ3n) is 5.41. The Morgan fingerprint density at radius 3 is 2.50 bits per heavy atom. The van der Waals surface area contributed by atoms with Crippen LogP contribution in [0.25, 0.3) is 0 Å². The lowest BCUT2D eigenvalue weighted by atomic mass is 10.2. The van der Waals surface area contributed by atoms with Gasteiger partial charge in [-0.1, -0.05) is 23.9 Å². The van der Waals surface area contributed by atoms with Crippen molar-refractivity contribution in [2.24, 2.45) is 5.73 Å². The first-order valence-electron chi connectivity index (χ1n) is 10.0. The van der Waals surface area contributed by atoms with Crippen molar-refractivity contribution in [2.45, 2.75) is 10.4 Å². The summed E-state index contributed by atoms with van der Waals surface area (Å²) in [6, 6.07) is 16.3. The van der Waals surface area contributed by atoms with Gasteiger partial charge in [0, 0.05) is 49.2 Å². The molecule has 7 nitrogen and oxygen atoms in total. The van der Waals surface area contributed by atoms with E-state index in [0.717, 1.165) is 49.1 Å². The van der Waals surface area contributed by atoms with Gasteiger partial charge in [0.05, 0.1) is 5.69 Å². The molecule has 5 rings (SSSR count). The van der Waals surface area contributed by atoms with E-state index in [-0.39, 0.29) is 5.50 Å². The molecule has 2 aliphatic rings. The topological polar surface area (TPSA) is 70.8 Å². The number of para-hydroxylation sites is 1. The number of benzene rings is 2. The maximum absolute atomic E-state index is 6.37. The molecule has 0 amide bonds. The molecule has 154 valence electrons. The summed E-state index contributed by atoms with van der Waals surface area (Å²) in [7, 11) is 2.14. The molecule has 1 atom stereocenters. The van der Waals surface area contributed by atoms with Gasteiger partial charge in [0.15, 0.2) is 5.82 Å². The summed E-state index contributed by atoms with van der Waals surface area (Å²) >= 11 is 1.66. The van der Waals surface area contributed by atoms with Crippen LogP contribution in [0.3, 0.4) is 0 Å². The first-order valence-corrected chi connectivity index (χ1v) is 10.9. The third kappa shape index (κ3) is 3.69. The number of hydrogen-bond acceptors (Lipinski definition) is 8. The normalized spacial score (nSPS) is 19.1. The molecule has 30 heavy (non-hydrogen) atoms. The van der Waals surface area contributed by atoms with Crippen LogP contribution in [0.1, 0.15) is 0 Å². The number of anilines is 3. The summed E-state index contributed by atoms with van der Waals surface area (Å²) in [6.07, 6.45) is 3.38. The Kier molecular flexibility index (Phi) is 5.20. The highest BCUT2D eigenvalue weighted by Crippen LogP contribution is 2.45. The zero-order chi connectivity index (χ0) is 20.5. The van der Waals surface area contributed by atoms with Crippen molar-refractivity contribution in [3.05, 3.63) is 60.9 Å². The summed E-state index contributed by atoms with van der Waals surface area (Å²) in [4.78, 5) is 16.8. The number of likely N-dealkylation sites (N-methyl/N-ethyl adjacent to an activating group) is 1. The van der Waals surface area contributed by atoms with E-state index in [2.05, 4.69) is 43.8 Å². The largest absolute Gasteiger partial charge is 0.436 e. The maximum Gasteiger partial charge on any atom is 0.263 e. The average Bonchev–Trinajstić information content (AvgIpc) is 3.11. The van der Waals surface area contributed by atoms with Crippen LogP contribution in [-0.4, -0.2) is 53.6 Å². The zero-order valence-electron chi connectivity index (χ0n) is 16.8. The molecule has 2 N–H and O–H groups in total. The predicted octanol–water partition coefficient (Wildman–Crippen LogP) is 3.51. The van der Waals surface area contributed by atoms with Gasteiger partial charge in [-0.25, -0.2) is 9.97 Å². The highest BCUT2D eigenvalue weighted by atomic mass is 32.2. The second-order valence-electron chi connectivity index (χ2n) is 7.42. The van der Waals surface area contributed by atoms with Crippen LogP contribution < -0.4 is 20.3 Å². The van der Waals surface area contributed by atoms with Gasteiger partial charge in [-0.2, -0.15) is 0 Å². The van der Waals surface area contributed by atoms with Gasteiger partial charge in [0.1, 0.15) is 11.2 Å². The van der Waals surface area contributed by atoms with E-state index >= 15 is 0 Å². The number of rotatable bonds is 4. The highest BCUT2D eigenvalue weighted by Gasteiger charge is 2.28. The van der Waals surface area contributed by atoms with Crippen molar-refractivity contribution < 1.29 is 4.74 Å². The second kappa shape index (κ2) is 8.14. The number of hydrogen-bond donors (Lipinski definition) is 1. The first kappa shape index (κ1) is 19.2. The lowest BCUT2D eigenvalue weighted by Crippen LogP contribution is -2.45. The number of nitrogens with zero attached hydrogens (tertiary/aromatic N) is 5. The highest BCUT2D eigenvalue weighted by molar-refractivity contribution is 8.00. The molecule has 1 unspecified atom stereocenters. The molecule has 0 radical (unpaired) electrons. The van der Waals surface area contributed by atoms with Gasteiger partial charge in [0.25, 0.3) is 5.88 Å². The molecule has 0 saturated carbocycles. The van der Waals surface area contributed by atoms with E-state index < -0.39 is 0 Å². The van der Waals surface area contributed by atoms with Gasteiger partial charge in [-0.3, -0.25) is 0 Å². The van der Waals surface area contributed by atoms with E-state index in [1.165, 1.54) is 4.90 Å². The molecule has 8 heteroatoms. The van der Waals surface area contributed by atoms with Crippen molar-refractivity contribution in [3.8, 4) is 11.6 Å². The molecule has 2 aromatic carbocycles. The molecule has 1 saturated heterocycles. The summed E-state index contributed by atoms with van der Waals surface area (Å²) in [5.41, 5.74) is 8.39. The van der Waals surface area contributed by atoms with Crippen LogP contribution in [0, 0.1) is 0 Å². The summed E-state index contributed by atoms with van der Waals surface area (Å²) in [5, 5.41) is 0. The summed E-state index contributed by atoms with van der Waals surface area (Å²) in [6.45, 7) is 3.82. The second-order valence-corrected chi connectivity index (χ2v) is 8.58. The smallest absolute Gasteiger partial charge is 0.263 e. The molecule has 0 spiro atoms. The zero-order valence-corrected chi connectivity index (χ0v) is 17.6. The number of piperazine rings is 1. The van der Waals surface area contributed by atoms with Gasteiger partial charge in [-0.05, 0) is 43.4 Å². The van der Waals surface area contributed by atoms with Crippen LogP contribution >= 0.6 is 11.8 Å². The van der Waals surface area contributed by atoms with Gasteiger partial charge >= 0.3 is 0 Å². The maximum atomic E-state index is 6.37. The van der Waals surface area contributed by atoms with E-state index in [4.69, 9.17) is 10.5 Å². The minimum Gasteiger partial charge on any atom is -0.436 e. The van der Waals surface area contributed by atoms with Crippen molar-refractivity contribution in [1.29, 1.82) is 0 Å². The minimum atomic E-state index is -0.141. The lowest BCUT2D eigenvalue weighted by molar-refractivity contribution is 0.310. The standard InChI is InChI=1S/C22H24N6OS/c1-26-12-14-27(15-13-26)20-21(25-11-10-24-20)29-17-8-6-16(7-9-17)28-18-4-2-3-5-19(18)30-22(28)23/h2-11,22H,12-15,23H2,1H3. The molecular formula is C22H24N6OS. The SMILES string of the molecule is CN1CCN(c2nccnc2Oc2ccc(N3c4ccccc4SC3N)cc2)CC1. The third-order valence-corrected chi connectivity index (χ3v) is 6.46. The van der Waals surface area contributed by atoms with Crippen LogP contribution in [0.2, 0.25) is 0 Å². The quantitative estimate of drug-likeness (QED) is 0.688. The van der Waals surface area contributed by atoms with E-state index in [9.17, 15) is 0 Å². The van der Waals surface area contributed by atoms with Gasteiger partial charge in [-0.15, -0.1) is 0 Å². The molecule has 0 aliphatic carbocycles. The number of aromatic nitrogens is 2. The number of fused-ring (bicyclic) bond motifs is 1. The van der Waals surface area contributed by atoms with E-state index in [0.29, 0.717) is 5.88 Å². The summed E-state index contributed by atoms with van der Waals surface area (Å²) in [5.74, 6) is 2.05. The van der Waals surface area contributed by atoms with Gasteiger partial charge < -0.3 is 25.2 Å². The van der Waals surface area contributed by atoms with Crippen molar-refractivity contribution in [1.82, 2.24) is 14.9 Å². The fourth-order valence-electron chi connectivity index (χ4n) is 3.77. The fourth-order valence-corrected chi connectivity index (χ4v) is 4.82. The molecular weight excluding hydrogens is 396 g/mol. The monoisotopic (exact) mass is 420 g/mol. The molecule has 0 bridgehead atoms. The predicted molar refractivity (Wildman–Crippen MR) is 121 cm³/mol. The van der Waals surface area contributed by atoms with Crippen LogP contribution in [-0.2, 0) is 0 Å². The molecule has 2 aliphatic heterocycles. The number of thioether (sulfide) groups is 1. The Morgan fingerprint density at radius 2 is 1.70 bits per heavy atom. The minimum absolute atomic E-state index is 0.141. The Balaban J connectivity index is 1.35. The lowest BCUT2D eigenvalue weighted by Gasteiger charge is -2.33. The number of ether oxygens (including phenoxy) is 1. The summed E-state index contributed by atoms with van der Waals surface area (Å²) < 4.78 is 6.12. The molecule has 3 heterocycles. The number of nitrogens with two attached hydrogens (primary N) is 1. The van der Waals surface area contributed by atoms with E-state index in [1.54, 1.807) is 24.2 Å². The molecule has 3 aromatic rings. The first-order chi connectivity index (χ1) is 14.7. The molecule has 1 aromatic heterocycles. The van der Waals surface area contributed by atoms with Crippen LogP contribution in [0.5, 0.6) is 11.6 Å². The van der Waals surface area contributed by atoms with E-state index in [1.807, 2.05) is 36.4 Å². The fraction of sp³-hybridized carbons (Fsp3) is 0.273. The van der Waals surface area contributed by atoms with Crippen molar-refractivity contribution >= 4 is 29.0 Å². The Morgan fingerprint density at radius 1 is 0.967 bits per heavy atom. The average molecular weight is 421 g/mol. The van der Waals surface area contributed by atoms with Gasteiger partial charge in [0.2, 0.25) is 0 Å². The van der Waals surface area contributed by atoms with Crippen molar-refractivity contribution in [3.63, 3.8) is 0 Å². The Hall–Kier alpha value is -2.81. The van der Waals surface area contributed by atoms with Crippen LogP contribution in [0.4, 0.5) is 17.2 Å². The Labute approximate surface area is 180 Å².